The largest absolute Gasteiger partial charge is 0.494 e. The van der Waals surface area contributed by atoms with Gasteiger partial charge in [-0.25, -0.2) is 8.78 Å². The van der Waals surface area contributed by atoms with E-state index in [1.165, 1.54) is 0 Å². The van der Waals surface area contributed by atoms with Crippen molar-refractivity contribution in [1.82, 2.24) is 0 Å². The van der Waals surface area contributed by atoms with Crippen LogP contribution < -0.4 is 4.74 Å². The highest BCUT2D eigenvalue weighted by molar-refractivity contribution is 6.31. The number of benzene rings is 2. The maximum atomic E-state index is 17.2. The molecule has 3 rings (SSSR count). The van der Waals surface area contributed by atoms with Crippen molar-refractivity contribution in [2.75, 3.05) is 39.6 Å². The van der Waals surface area contributed by atoms with Crippen molar-refractivity contribution in [3.05, 3.63) is 64.2 Å². The first-order chi connectivity index (χ1) is 22.3. The van der Waals surface area contributed by atoms with Gasteiger partial charge >= 0.3 is 0 Å². The van der Waals surface area contributed by atoms with Gasteiger partial charge in [-0.3, -0.25) is 0 Å². The van der Waals surface area contributed by atoms with Gasteiger partial charge in [-0.05, 0) is 73.9 Å². The predicted octanol–water partition coefficient (Wildman–Crippen LogP) is 10.1. The quantitative estimate of drug-likeness (QED) is 0.117. The van der Waals surface area contributed by atoms with Crippen LogP contribution in [0.2, 0.25) is 5.02 Å². The molecular formula is C38H57ClF2O5. The average molecular weight is 667 g/mol. The van der Waals surface area contributed by atoms with Crippen molar-refractivity contribution in [2.24, 2.45) is 5.92 Å². The van der Waals surface area contributed by atoms with E-state index in [4.69, 9.17) is 35.3 Å². The Morgan fingerprint density at radius 1 is 0.696 bits per heavy atom. The summed E-state index contributed by atoms with van der Waals surface area (Å²) in [7, 11) is 0. The molecule has 46 heavy (non-hydrogen) atoms. The number of ether oxygens (including phenoxy) is 5. The van der Waals surface area contributed by atoms with Gasteiger partial charge in [0.25, 0.3) is 5.92 Å². The second kappa shape index (κ2) is 20.6. The zero-order valence-electron chi connectivity index (χ0n) is 28.7. The van der Waals surface area contributed by atoms with Crippen LogP contribution in [0.5, 0.6) is 5.75 Å². The fourth-order valence-corrected chi connectivity index (χ4v) is 6.23. The molecule has 0 aliphatic heterocycles. The van der Waals surface area contributed by atoms with Gasteiger partial charge in [0.1, 0.15) is 11.9 Å². The van der Waals surface area contributed by atoms with Crippen LogP contribution in [-0.4, -0.2) is 63.9 Å². The zero-order chi connectivity index (χ0) is 33.4. The third kappa shape index (κ3) is 10.9. The molecule has 0 N–H and O–H groups in total. The number of unbranched alkanes of at least 4 members (excludes halogenated alkanes) is 4. The maximum Gasteiger partial charge on any atom is 0.265 e. The molecule has 1 aliphatic rings. The summed E-state index contributed by atoms with van der Waals surface area (Å²) in [5, 5.41) is 0.538. The Balaban J connectivity index is 2.08. The van der Waals surface area contributed by atoms with E-state index >= 15 is 8.78 Å². The van der Waals surface area contributed by atoms with Gasteiger partial charge in [-0.1, -0.05) is 89.2 Å². The molecule has 0 amide bonds. The minimum atomic E-state index is -3.20. The second-order valence-electron chi connectivity index (χ2n) is 12.4. The Labute approximate surface area is 281 Å². The lowest BCUT2D eigenvalue weighted by molar-refractivity contribution is -0.265. The molecule has 0 saturated heterocycles. The van der Waals surface area contributed by atoms with Crippen molar-refractivity contribution < 1.29 is 32.5 Å². The van der Waals surface area contributed by atoms with Crippen molar-refractivity contribution in [3.8, 4) is 5.75 Å². The molecule has 0 bridgehead atoms. The fraction of sp³-hybridized carbons (Fsp3) is 0.684. The lowest BCUT2D eigenvalue weighted by Gasteiger charge is -2.50. The molecule has 1 aliphatic carbocycles. The summed E-state index contributed by atoms with van der Waals surface area (Å²) < 4.78 is 65.3. The summed E-state index contributed by atoms with van der Waals surface area (Å²) in [5.74, 6) is -4.88. The molecule has 2 aromatic rings. The first-order valence-electron chi connectivity index (χ1n) is 17.6. The molecule has 0 heterocycles. The summed E-state index contributed by atoms with van der Waals surface area (Å²) in [6, 6.07) is 13.1. The molecule has 0 unspecified atom stereocenters. The Morgan fingerprint density at radius 2 is 1.26 bits per heavy atom. The summed E-state index contributed by atoms with van der Waals surface area (Å²) >= 11 is 6.70. The van der Waals surface area contributed by atoms with Crippen molar-refractivity contribution >= 4 is 11.6 Å². The predicted molar refractivity (Wildman–Crippen MR) is 183 cm³/mol. The third-order valence-electron chi connectivity index (χ3n) is 8.70. The minimum absolute atomic E-state index is 0.109. The molecule has 0 spiro atoms. The van der Waals surface area contributed by atoms with E-state index in [-0.39, 0.29) is 6.61 Å². The molecule has 260 valence electrons. The van der Waals surface area contributed by atoms with Crippen molar-refractivity contribution in [3.63, 3.8) is 0 Å². The molecular weight excluding hydrogens is 610 g/mol. The molecule has 5 nitrogen and oxygen atoms in total. The zero-order valence-corrected chi connectivity index (χ0v) is 29.5. The Hall–Kier alpha value is -1.77. The molecule has 5 atom stereocenters. The van der Waals surface area contributed by atoms with Crippen LogP contribution in [0.1, 0.15) is 109 Å². The first-order valence-corrected chi connectivity index (χ1v) is 18.0. The summed E-state index contributed by atoms with van der Waals surface area (Å²) in [6.07, 6.45) is 4.92. The first kappa shape index (κ1) is 38.7. The van der Waals surface area contributed by atoms with Gasteiger partial charge in [-0.15, -0.1) is 0 Å². The van der Waals surface area contributed by atoms with Crippen LogP contribution in [0, 0.1) is 5.92 Å². The van der Waals surface area contributed by atoms with Crippen LogP contribution in [0.3, 0.4) is 0 Å². The smallest absolute Gasteiger partial charge is 0.265 e. The molecule has 0 radical (unpaired) electrons. The van der Waals surface area contributed by atoms with Gasteiger partial charge in [0.05, 0.1) is 37.3 Å². The molecule has 8 heteroatoms. The van der Waals surface area contributed by atoms with Gasteiger partial charge < -0.3 is 23.7 Å². The standard InChI is InChI=1S/C38H57ClF2O5/c1-6-11-21-42-27-32-35(44-22-12-7-2)37(46-24-14-9-4)36(45-23-13-8-3)34(38(32,40)41)29-17-20-33(39)30(26-29)25-28-15-18-31(19-16-28)43-10-5/h15-20,26,32,34-37H,6-14,21-25,27H2,1-5H3/t32-,34+,35-,36+,37+/m1/s1. The second-order valence-corrected chi connectivity index (χ2v) is 12.8. The van der Waals surface area contributed by atoms with E-state index in [9.17, 15) is 0 Å². The third-order valence-corrected chi connectivity index (χ3v) is 9.07. The van der Waals surface area contributed by atoms with E-state index in [1.807, 2.05) is 37.3 Å². The van der Waals surface area contributed by atoms with Crippen molar-refractivity contribution in [1.29, 1.82) is 0 Å². The van der Waals surface area contributed by atoms with Crippen molar-refractivity contribution in [2.45, 2.75) is 123 Å². The topological polar surface area (TPSA) is 46.2 Å². The van der Waals surface area contributed by atoms with Gasteiger partial charge in [0.2, 0.25) is 0 Å². The monoisotopic (exact) mass is 666 g/mol. The van der Waals surface area contributed by atoms with Crippen LogP contribution in [0.15, 0.2) is 42.5 Å². The number of hydrogen-bond acceptors (Lipinski definition) is 5. The Bertz CT molecular complexity index is 1110. The SMILES string of the molecule is CCCCOC[C@@H]1[C@@H](OCCCC)[C@H](OCCCC)[C@@H](OCCCC)[C@H](c2ccc(Cl)c(Cc3ccc(OCC)cc3)c2)C1(F)F. The van der Waals surface area contributed by atoms with Gasteiger partial charge in [-0.2, -0.15) is 0 Å². The fourth-order valence-electron chi connectivity index (χ4n) is 6.05. The van der Waals surface area contributed by atoms with Crippen LogP contribution in [0.4, 0.5) is 8.78 Å². The van der Waals surface area contributed by atoms with E-state index in [0.29, 0.717) is 50.0 Å². The van der Waals surface area contributed by atoms with E-state index in [0.717, 1.165) is 68.2 Å². The van der Waals surface area contributed by atoms with Gasteiger partial charge in [0, 0.05) is 31.5 Å². The van der Waals surface area contributed by atoms with E-state index in [1.54, 1.807) is 12.1 Å². The Morgan fingerprint density at radius 3 is 1.85 bits per heavy atom. The lowest BCUT2D eigenvalue weighted by Crippen LogP contribution is -2.63. The summed E-state index contributed by atoms with van der Waals surface area (Å²) in [6.45, 7) is 12.3. The number of rotatable bonds is 22. The number of alkyl halides is 2. The van der Waals surface area contributed by atoms with E-state index < -0.39 is 36.1 Å². The van der Waals surface area contributed by atoms with E-state index in [2.05, 4.69) is 27.7 Å². The average Bonchev–Trinajstić information content (AvgIpc) is 3.04. The van der Waals surface area contributed by atoms with Crippen LogP contribution >= 0.6 is 11.6 Å². The number of halogens is 3. The normalized spacial score (nSPS) is 22.7. The van der Waals surface area contributed by atoms with Crippen LogP contribution in [0.25, 0.3) is 0 Å². The molecule has 1 saturated carbocycles. The summed E-state index contributed by atoms with van der Waals surface area (Å²) in [4.78, 5) is 0. The van der Waals surface area contributed by atoms with Crippen LogP contribution in [-0.2, 0) is 25.4 Å². The lowest BCUT2D eigenvalue weighted by atomic mass is 9.69. The highest BCUT2D eigenvalue weighted by Gasteiger charge is 2.63. The van der Waals surface area contributed by atoms with Gasteiger partial charge in [0.15, 0.2) is 0 Å². The Kier molecular flexibility index (Phi) is 17.3. The minimum Gasteiger partial charge on any atom is -0.494 e. The molecule has 2 aromatic carbocycles. The highest BCUT2D eigenvalue weighted by atomic mass is 35.5. The summed E-state index contributed by atoms with van der Waals surface area (Å²) in [5.41, 5.74) is 2.29. The maximum absolute atomic E-state index is 17.2. The molecule has 1 fully saturated rings. The highest BCUT2D eigenvalue weighted by Crippen LogP contribution is 2.52. The number of hydrogen-bond donors (Lipinski definition) is 0. The molecule has 0 aromatic heterocycles.